The second kappa shape index (κ2) is 6.76. The van der Waals surface area contributed by atoms with Crippen LogP contribution in [0.1, 0.15) is 24.8 Å². The molecule has 132 valence electrons. The average Bonchev–Trinajstić information content (AvgIpc) is 3.26. The van der Waals surface area contributed by atoms with Gasteiger partial charge in [0.25, 0.3) is 0 Å². The van der Waals surface area contributed by atoms with Crippen LogP contribution in [0.4, 0.5) is 8.78 Å². The van der Waals surface area contributed by atoms with E-state index in [1.807, 2.05) is 4.90 Å². The number of hydrogen-bond donors (Lipinski definition) is 1. The molecule has 0 unspecified atom stereocenters. The monoisotopic (exact) mass is 358 g/mol. The molecule has 1 aromatic rings. The lowest BCUT2D eigenvalue weighted by molar-refractivity contribution is -0.123. The SMILES string of the molecule is O=C(CN(Cc1ccc(F)cc1F)C1CC1)N[C@H]1CCS(=O)(=O)C1. The molecule has 1 saturated carbocycles. The number of carbonyl (C=O) groups excluding carboxylic acids is 1. The van der Waals surface area contributed by atoms with E-state index in [1.165, 1.54) is 12.1 Å². The predicted molar refractivity (Wildman–Crippen MR) is 85.0 cm³/mol. The lowest BCUT2D eigenvalue weighted by atomic mass is 10.2. The molecule has 1 saturated heterocycles. The minimum absolute atomic E-state index is 0.0191. The number of amides is 1. The summed E-state index contributed by atoms with van der Waals surface area (Å²) in [5.74, 6) is -1.43. The standard InChI is InChI=1S/C16H20F2N2O3S/c17-12-2-1-11(15(18)7-12)8-20(14-3-4-14)9-16(21)19-13-5-6-24(22,23)10-13/h1-2,7,13-14H,3-6,8-10H2,(H,19,21)/t13-/m0/s1. The lowest BCUT2D eigenvalue weighted by Crippen LogP contribution is -2.43. The number of carbonyl (C=O) groups is 1. The molecule has 3 rings (SSSR count). The Labute approximate surface area is 139 Å². The molecule has 0 bridgehead atoms. The summed E-state index contributed by atoms with van der Waals surface area (Å²) in [4.78, 5) is 14.0. The van der Waals surface area contributed by atoms with Crippen molar-refractivity contribution in [2.75, 3.05) is 18.1 Å². The molecule has 1 atom stereocenters. The number of halogens is 2. The van der Waals surface area contributed by atoms with Gasteiger partial charge in [-0.15, -0.1) is 0 Å². The van der Waals surface area contributed by atoms with Crippen LogP contribution in [0, 0.1) is 11.6 Å². The summed E-state index contributed by atoms with van der Waals surface area (Å²) in [6, 6.07) is 3.30. The Bertz CT molecular complexity index is 735. The first-order chi connectivity index (χ1) is 11.3. The van der Waals surface area contributed by atoms with E-state index in [0.717, 1.165) is 18.9 Å². The number of nitrogens with one attached hydrogen (secondary N) is 1. The first-order valence-corrected chi connectivity index (χ1v) is 9.82. The molecule has 0 aromatic heterocycles. The molecule has 0 spiro atoms. The molecule has 1 aromatic carbocycles. The highest BCUT2D eigenvalue weighted by Crippen LogP contribution is 2.28. The zero-order chi connectivity index (χ0) is 17.3. The van der Waals surface area contributed by atoms with Crippen LogP contribution in [0.3, 0.4) is 0 Å². The van der Waals surface area contributed by atoms with Crippen LogP contribution in [-0.4, -0.2) is 49.4 Å². The molecule has 2 aliphatic rings. The third-order valence-electron chi connectivity index (χ3n) is 4.40. The Morgan fingerprint density at radius 2 is 2.00 bits per heavy atom. The van der Waals surface area contributed by atoms with Gasteiger partial charge in [0.05, 0.1) is 18.1 Å². The summed E-state index contributed by atoms with van der Waals surface area (Å²) in [7, 11) is -3.05. The zero-order valence-electron chi connectivity index (χ0n) is 13.2. The van der Waals surface area contributed by atoms with Crippen molar-refractivity contribution in [3.63, 3.8) is 0 Å². The van der Waals surface area contributed by atoms with Gasteiger partial charge in [-0.3, -0.25) is 9.69 Å². The van der Waals surface area contributed by atoms with Crippen molar-refractivity contribution in [3.8, 4) is 0 Å². The average molecular weight is 358 g/mol. The normalized spacial score (nSPS) is 22.7. The summed E-state index contributed by atoms with van der Waals surface area (Å²) in [5.41, 5.74) is 0.347. The van der Waals surface area contributed by atoms with E-state index in [9.17, 15) is 22.0 Å². The zero-order valence-corrected chi connectivity index (χ0v) is 14.0. The van der Waals surface area contributed by atoms with E-state index in [-0.39, 0.29) is 42.6 Å². The van der Waals surface area contributed by atoms with Crippen molar-refractivity contribution in [2.45, 2.75) is 37.9 Å². The van der Waals surface area contributed by atoms with Crippen LogP contribution in [-0.2, 0) is 21.2 Å². The van der Waals surface area contributed by atoms with E-state index < -0.39 is 21.5 Å². The Morgan fingerprint density at radius 1 is 1.25 bits per heavy atom. The van der Waals surface area contributed by atoms with Crippen LogP contribution in [0.15, 0.2) is 18.2 Å². The molecule has 1 heterocycles. The van der Waals surface area contributed by atoms with Crippen molar-refractivity contribution in [2.24, 2.45) is 0 Å². The fourth-order valence-corrected chi connectivity index (χ4v) is 4.66. The van der Waals surface area contributed by atoms with Gasteiger partial charge in [-0.2, -0.15) is 0 Å². The van der Waals surface area contributed by atoms with Crippen molar-refractivity contribution < 1.29 is 22.0 Å². The van der Waals surface area contributed by atoms with Gasteiger partial charge in [-0.25, -0.2) is 17.2 Å². The van der Waals surface area contributed by atoms with Crippen molar-refractivity contribution in [3.05, 3.63) is 35.4 Å². The molecule has 24 heavy (non-hydrogen) atoms. The van der Waals surface area contributed by atoms with Gasteiger partial charge in [0.2, 0.25) is 5.91 Å². The summed E-state index contributed by atoms with van der Waals surface area (Å²) in [6.07, 6.45) is 2.31. The third kappa shape index (κ3) is 4.51. The Hall–Kier alpha value is -1.54. The minimum atomic E-state index is -3.05. The minimum Gasteiger partial charge on any atom is -0.351 e. The Kier molecular flexibility index (Phi) is 4.87. The third-order valence-corrected chi connectivity index (χ3v) is 6.16. The smallest absolute Gasteiger partial charge is 0.234 e. The molecule has 5 nitrogen and oxygen atoms in total. The maximum Gasteiger partial charge on any atom is 0.234 e. The van der Waals surface area contributed by atoms with E-state index >= 15 is 0 Å². The van der Waals surface area contributed by atoms with Gasteiger partial charge in [-0.1, -0.05) is 6.07 Å². The molecule has 2 fully saturated rings. The fraction of sp³-hybridized carbons (Fsp3) is 0.562. The molecular formula is C16H20F2N2O3S. The molecular weight excluding hydrogens is 338 g/mol. The Morgan fingerprint density at radius 3 is 2.58 bits per heavy atom. The molecule has 1 aliphatic carbocycles. The van der Waals surface area contributed by atoms with E-state index in [4.69, 9.17) is 0 Å². The second-order valence-electron chi connectivity index (χ2n) is 6.54. The molecule has 1 aliphatic heterocycles. The second-order valence-corrected chi connectivity index (χ2v) is 8.77. The summed E-state index contributed by atoms with van der Waals surface area (Å²) < 4.78 is 49.7. The maximum atomic E-state index is 13.8. The highest BCUT2D eigenvalue weighted by Gasteiger charge is 2.33. The highest BCUT2D eigenvalue weighted by molar-refractivity contribution is 7.91. The van der Waals surface area contributed by atoms with E-state index in [0.29, 0.717) is 12.0 Å². The molecule has 8 heteroatoms. The van der Waals surface area contributed by atoms with Gasteiger partial charge in [0, 0.05) is 30.3 Å². The van der Waals surface area contributed by atoms with Gasteiger partial charge in [0.15, 0.2) is 9.84 Å². The van der Waals surface area contributed by atoms with E-state index in [2.05, 4.69) is 5.32 Å². The lowest BCUT2D eigenvalue weighted by Gasteiger charge is -2.22. The summed E-state index contributed by atoms with van der Waals surface area (Å²) in [6.45, 7) is 0.311. The first-order valence-electron chi connectivity index (χ1n) is 8.00. The molecule has 1 amide bonds. The quantitative estimate of drug-likeness (QED) is 0.831. The van der Waals surface area contributed by atoms with Crippen LogP contribution < -0.4 is 5.32 Å². The van der Waals surface area contributed by atoms with Crippen molar-refractivity contribution >= 4 is 15.7 Å². The van der Waals surface area contributed by atoms with Crippen LogP contribution in [0.5, 0.6) is 0 Å². The number of rotatable bonds is 6. The van der Waals surface area contributed by atoms with Gasteiger partial charge in [-0.05, 0) is 25.3 Å². The van der Waals surface area contributed by atoms with Crippen LogP contribution >= 0.6 is 0 Å². The maximum absolute atomic E-state index is 13.8. The fourth-order valence-electron chi connectivity index (χ4n) is 2.99. The summed E-state index contributed by atoms with van der Waals surface area (Å²) >= 11 is 0. The highest BCUT2D eigenvalue weighted by atomic mass is 32.2. The first kappa shape index (κ1) is 17.3. The van der Waals surface area contributed by atoms with Gasteiger partial charge >= 0.3 is 0 Å². The van der Waals surface area contributed by atoms with E-state index in [1.54, 1.807) is 0 Å². The predicted octanol–water partition coefficient (Wildman–Crippen LogP) is 1.23. The number of benzene rings is 1. The molecule has 1 N–H and O–H groups in total. The van der Waals surface area contributed by atoms with Gasteiger partial charge in [0.1, 0.15) is 11.6 Å². The van der Waals surface area contributed by atoms with Crippen molar-refractivity contribution in [1.82, 2.24) is 10.2 Å². The molecule has 0 radical (unpaired) electrons. The van der Waals surface area contributed by atoms with Gasteiger partial charge < -0.3 is 5.32 Å². The van der Waals surface area contributed by atoms with Crippen LogP contribution in [0.25, 0.3) is 0 Å². The topological polar surface area (TPSA) is 66.5 Å². The van der Waals surface area contributed by atoms with Crippen LogP contribution in [0.2, 0.25) is 0 Å². The number of nitrogens with zero attached hydrogens (tertiary/aromatic N) is 1. The number of hydrogen-bond acceptors (Lipinski definition) is 4. The van der Waals surface area contributed by atoms with Crippen molar-refractivity contribution in [1.29, 1.82) is 0 Å². The largest absolute Gasteiger partial charge is 0.351 e. The Balaban J connectivity index is 1.59. The summed E-state index contributed by atoms with van der Waals surface area (Å²) in [5, 5.41) is 2.74. The number of sulfone groups is 1.